The molecule has 0 bridgehead atoms. The molecular formula is C31H52F3N3O8. The van der Waals surface area contributed by atoms with Crippen LogP contribution >= 0.6 is 0 Å². The largest absolute Gasteiger partial charge is 0.490 e. The minimum absolute atomic E-state index is 0.0292. The van der Waals surface area contributed by atoms with Crippen LogP contribution in [0.25, 0.3) is 0 Å². The van der Waals surface area contributed by atoms with Crippen LogP contribution < -0.4 is 21.1 Å². The summed E-state index contributed by atoms with van der Waals surface area (Å²) in [4.78, 5) is 34.5. The van der Waals surface area contributed by atoms with Gasteiger partial charge in [-0.15, -0.1) is 0 Å². The molecule has 0 saturated heterocycles. The number of carboxylic acid groups (broad SMARTS) is 1. The molecule has 11 nitrogen and oxygen atoms in total. The summed E-state index contributed by atoms with van der Waals surface area (Å²) in [6.45, 7) is 12.1. The highest BCUT2D eigenvalue weighted by atomic mass is 19.4. The van der Waals surface area contributed by atoms with Crippen LogP contribution in [0.1, 0.15) is 70.7 Å². The van der Waals surface area contributed by atoms with E-state index in [-0.39, 0.29) is 42.3 Å². The van der Waals surface area contributed by atoms with Crippen molar-refractivity contribution in [3.05, 3.63) is 29.8 Å². The number of alkyl halides is 3. The molecule has 4 atom stereocenters. The maximum Gasteiger partial charge on any atom is 0.490 e. The summed E-state index contributed by atoms with van der Waals surface area (Å²) in [6.07, 6.45) is -3.12. The van der Waals surface area contributed by atoms with Crippen molar-refractivity contribution in [2.24, 2.45) is 29.4 Å². The number of nitrogens with one attached hydrogen (secondary N) is 2. The predicted molar refractivity (Wildman–Crippen MR) is 164 cm³/mol. The molecule has 0 unspecified atom stereocenters. The third kappa shape index (κ3) is 18.0. The number of aliphatic hydroxyl groups is 1. The van der Waals surface area contributed by atoms with Crippen LogP contribution in [0.4, 0.5) is 13.2 Å². The molecule has 6 N–H and O–H groups in total. The van der Waals surface area contributed by atoms with E-state index in [1.807, 2.05) is 19.9 Å². The number of para-hydroxylation sites is 1. The Morgan fingerprint density at radius 3 is 2.16 bits per heavy atom. The molecule has 14 heteroatoms. The highest BCUT2D eigenvalue weighted by molar-refractivity contribution is 5.96. The first-order valence-electron chi connectivity index (χ1n) is 15.1. The number of aliphatic carboxylic acids is 1. The highest BCUT2D eigenvalue weighted by Crippen LogP contribution is 2.24. The van der Waals surface area contributed by atoms with Gasteiger partial charge < -0.3 is 40.8 Å². The van der Waals surface area contributed by atoms with Gasteiger partial charge in [-0.05, 0) is 49.1 Å². The molecule has 0 aromatic heterocycles. The molecule has 0 aliphatic rings. The number of carbonyl (C=O) groups excluding carboxylic acids is 2. The Morgan fingerprint density at radius 2 is 1.62 bits per heavy atom. The van der Waals surface area contributed by atoms with Crippen molar-refractivity contribution in [3.63, 3.8) is 0 Å². The Kier molecular flexibility index (Phi) is 21.1. The van der Waals surface area contributed by atoms with Crippen LogP contribution in [0.3, 0.4) is 0 Å². The average molecular weight is 652 g/mol. The predicted octanol–water partition coefficient (Wildman–Crippen LogP) is 3.98. The van der Waals surface area contributed by atoms with E-state index in [9.17, 15) is 27.9 Å². The van der Waals surface area contributed by atoms with Gasteiger partial charge in [0.2, 0.25) is 5.91 Å². The summed E-state index contributed by atoms with van der Waals surface area (Å²) in [7, 11) is 1.55. The topological polar surface area (TPSA) is 169 Å². The number of halogens is 3. The van der Waals surface area contributed by atoms with E-state index >= 15 is 0 Å². The molecule has 45 heavy (non-hydrogen) atoms. The van der Waals surface area contributed by atoms with Crippen LogP contribution in [-0.4, -0.2) is 86.5 Å². The summed E-state index contributed by atoms with van der Waals surface area (Å²) in [5, 5.41) is 24.0. The molecular weight excluding hydrogens is 599 g/mol. The summed E-state index contributed by atoms with van der Waals surface area (Å²) < 4.78 is 47.6. The van der Waals surface area contributed by atoms with E-state index in [2.05, 4.69) is 31.4 Å². The van der Waals surface area contributed by atoms with Crippen LogP contribution in [0.2, 0.25) is 0 Å². The van der Waals surface area contributed by atoms with Gasteiger partial charge in [0, 0.05) is 32.2 Å². The van der Waals surface area contributed by atoms with Crippen LogP contribution in [0.15, 0.2) is 24.3 Å². The van der Waals surface area contributed by atoms with Crippen molar-refractivity contribution in [3.8, 4) is 5.75 Å². The first-order valence-corrected chi connectivity index (χ1v) is 15.1. The Hall–Kier alpha value is -2.94. The fourth-order valence-electron chi connectivity index (χ4n) is 4.19. The minimum atomic E-state index is -5.08. The maximum atomic E-state index is 13.0. The highest BCUT2D eigenvalue weighted by Gasteiger charge is 2.38. The van der Waals surface area contributed by atoms with Gasteiger partial charge in [-0.25, -0.2) is 4.79 Å². The van der Waals surface area contributed by atoms with Crippen molar-refractivity contribution in [1.29, 1.82) is 0 Å². The fraction of sp³-hybridized carbons (Fsp3) is 0.710. The summed E-state index contributed by atoms with van der Waals surface area (Å²) in [6, 6.07) is 6.57. The van der Waals surface area contributed by atoms with Gasteiger partial charge in [-0.2, -0.15) is 13.2 Å². The van der Waals surface area contributed by atoms with E-state index in [1.165, 1.54) is 0 Å². The SMILES string of the molecule is CCCCNC(=O)[C@@H](C[C@H](O)[C@@H](N)C[C@H](CNC(=O)c1ccccc1OCCOCOC)C(C)C)C(C)C.O=C(O)C(F)(F)F. The Labute approximate surface area is 264 Å². The second-order valence-corrected chi connectivity index (χ2v) is 11.4. The fourth-order valence-corrected chi connectivity index (χ4v) is 4.19. The number of unbranched alkanes of at least 4 members (excludes halogenated alkanes) is 1. The van der Waals surface area contributed by atoms with Crippen LogP contribution in [0.5, 0.6) is 5.75 Å². The van der Waals surface area contributed by atoms with Crippen molar-refractivity contribution in [2.75, 3.05) is 40.2 Å². The van der Waals surface area contributed by atoms with Gasteiger partial charge in [-0.3, -0.25) is 9.59 Å². The van der Waals surface area contributed by atoms with Gasteiger partial charge in [0.05, 0.1) is 18.3 Å². The lowest BCUT2D eigenvalue weighted by atomic mass is 9.83. The molecule has 0 aliphatic heterocycles. The molecule has 1 aromatic carbocycles. The number of carboxylic acids is 1. The molecule has 0 radical (unpaired) electrons. The number of rotatable bonds is 20. The number of hydrogen-bond donors (Lipinski definition) is 5. The lowest BCUT2D eigenvalue weighted by molar-refractivity contribution is -0.192. The van der Waals surface area contributed by atoms with E-state index in [0.29, 0.717) is 50.5 Å². The third-order valence-electron chi connectivity index (χ3n) is 7.06. The number of hydrogen-bond acceptors (Lipinski definition) is 8. The molecule has 0 heterocycles. The number of ether oxygens (including phenoxy) is 3. The lowest BCUT2D eigenvalue weighted by Crippen LogP contribution is -2.44. The molecule has 0 saturated carbocycles. The van der Waals surface area contributed by atoms with Crippen LogP contribution in [-0.2, 0) is 19.1 Å². The molecule has 1 rings (SSSR count). The molecule has 260 valence electrons. The first kappa shape index (κ1) is 42.1. The van der Waals surface area contributed by atoms with Crippen molar-refractivity contribution in [1.82, 2.24) is 10.6 Å². The molecule has 2 amide bonds. The van der Waals surface area contributed by atoms with Crippen molar-refractivity contribution in [2.45, 2.75) is 78.6 Å². The number of benzene rings is 1. The summed E-state index contributed by atoms with van der Waals surface area (Å²) in [5.41, 5.74) is 6.87. The minimum Gasteiger partial charge on any atom is -0.490 e. The van der Waals surface area contributed by atoms with E-state index in [0.717, 1.165) is 12.8 Å². The van der Waals surface area contributed by atoms with Gasteiger partial charge >= 0.3 is 12.1 Å². The number of aliphatic hydroxyl groups excluding tert-OH is 1. The number of carbonyl (C=O) groups is 3. The van der Waals surface area contributed by atoms with Gasteiger partial charge in [0.15, 0.2) is 0 Å². The monoisotopic (exact) mass is 651 g/mol. The maximum absolute atomic E-state index is 13.0. The molecule has 1 aromatic rings. The first-order chi connectivity index (χ1) is 21.1. The second kappa shape index (κ2) is 22.5. The van der Waals surface area contributed by atoms with E-state index in [4.69, 9.17) is 29.8 Å². The molecule has 0 spiro atoms. The number of nitrogens with two attached hydrogens (primary N) is 1. The Bertz CT molecular complexity index is 995. The average Bonchev–Trinajstić information content (AvgIpc) is 2.97. The smallest absolute Gasteiger partial charge is 0.490 e. The Morgan fingerprint density at radius 1 is 1.00 bits per heavy atom. The molecule has 0 fully saturated rings. The van der Waals surface area contributed by atoms with E-state index in [1.54, 1.807) is 25.3 Å². The van der Waals surface area contributed by atoms with Crippen molar-refractivity contribution < 1.29 is 52.0 Å². The number of amides is 2. The zero-order valence-electron chi connectivity index (χ0n) is 27.2. The molecule has 0 aliphatic carbocycles. The van der Waals surface area contributed by atoms with E-state index < -0.39 is 24.3 Å². The van der Waals surface area contributed by atoms with Gasteiger partial charge in [-0.1, -0.05) is 53.2 Å². The lowest BCUT2D eigenvalue weighted by Gasteiger charge is -2.30. The number of methoxy groups -OCH3 is 1. The summed E-state index contributed by atoms with van der Waals surface area (Å²) >= 11 is 0. The normalized spacial score (nSPS) is 14.2. The van der Waals surface area contributed by atoms with Crippen molar-refractivity contribution >= 4 is 17.8 Å². The zero-order chi connectivity index (χ0) is 34.6. The third-order valence-corrected chi connectivity index (χ3v) is 7.06. The second-order valence-electron chi connectivity index (χ2n) is 11.4. The quantitative estimate of drug-likeness (QED) is 0.103. The van der Waals surface area contributed by atoms with Gasteiger partial charge in [0.25, 0.3) is 5.91 Å². The standard InChI is InChI=1S/C29H51N3O6.C2HF3O2/c1-7-8-13-31-29(35)24(21(4)5)17-26(33)25(30)16-22(20(2)3)18-32-28(34)23-11-9-10-12-27(23)38-15-14-37-19-36-6;3-2(4,5)1(6)7/h9-12,20-22,24-26,33H,7-8,13-19,30H2,1-6H3,(H,31,35)(H,32,34);(H,6,7)/t22-,24+,25+,26+;/m1./s1. The summed E-state index contributed by atoms with van der Waals surface area (Å²) in [5.74, 6) is -2.47. The van der Waals surface area contributed by atoms with Crippen LogP contribution in [0, 0.1) is 23.7 Å². The van der Waals surface area contributed by atoms with Gasteiger partial charge in [0.1, 0.15) is 19.1 Å². The zero-order valence-corrected chi connectivity index (χ0v) is 27.2. The Balaban J connectivity index is 0.00000246.